The third kappa shape index (κ3) is 3.92. The van der Waals surface area contributed by atoms with Gasteiger partial charge in [0.2, 0.25) is 0 Å². The fourth-order valence-corrected chi connectivity index (χ4v) is 3.92. The van der Waals surface area contributed by atoms with Gasteiger partial charge in [-0.1, -0.05) is 29.3 Å². The molecule has 1 aliphatic heterocycles. The minimum atomic E-state index is -0.132. The Morgan fingerprint density at radius 3 is 2.38 bits per heavy atom. The van der Waals surface area contributed by atoms with Crippen LogP contribution in [-0.2, 0) is 11.2 Å². The lowest BCUT2D eigenvalue weighted by Gasteiger charge is -2.33. The van der Waals surface area contributed by atoms with Crippen LogP contribution in [0.4, 0.5) is 0 Å². The van der Waals surface area contributed by atoms with E-state index in [-0.39, 0.29) is 11.2 Å². The van der Waals surface area contributed by atoms with Crippen LogP contribution in [0, 0.1) is 5.92 Å². The lowest BCUT2D eigenvalue weighted by molar-refractivity contribution is -0.0774. The molecule has 1 aliphatic rings. The van der Waals surface area contributed by atoms with Gasteiger partial charge in [0.05, 0.1) is 21.2 Å². The molecule has 4 heteroatoms. The van der Waals surface area contributed by atoms with Crippen LogP contribution in [0.25, 0.3) is 0 Å². The first-order chi connectivity index (χ1) is 9.64. The predicted octanol–water partition coefficient (Wildman–Crippen LogP) is 4.72. The van der Waals surface area contributed by atoms with Crippen LogP contribution in [-0.4, -0.2) is 24.3 Å². The molecule has 2 unspecified atom stereocenters. The largest absolute Gasteiger partial charge is 0.369 e. The van der Waals surface area contributed by atoms with E-state index in [1.165, 1.54) is 5.56 Å². The molecule has 1 aromatic rings. The molecule has 2 rings (SSSR count). The molecule has 1 N–H and O–H groups in total. The highest BCUT2D eigenvalue weighted by molar-refractivity contribution is 6.42. The van der Waals surface area contributed by atoms with Crippen molar-refractivity contribution in [3.05, 3.63) is 33.8 Å². The average molecular weight is 330 g/mol. The van der Waals surface area contributed by atoms with Gasteiger partial charge in [0.15, 0.2) is 0 Å². The molecule has 0 aliphatic carbocycles. The minimum absolute atomic E-state index is 0.0685. The lowest BCUT2D eigenvalue weighted by Crippen LogP contribution is -2.44. The Bertz CT molecular complexity index is 514. The molecule has 1 aromatic carbocycles. The average Bonchev–Trinajstić information content (AvgIpc) is 2.58. The normalized spacial score (nSPS) is 25.0. The maximum atomic E-state index is 6.22. The number of nitrogens with one attached hydrogen (secondary N) is 1. The predicted molar refractivity (Wildman–Crippen MR) is 90.4 cm³/mol. The zero-order valence-corrected chi connectivity index (χ0v) is 15.0. The third-order valence-electron chi connectivity index (χ3n) is 4.44. The standard InChI is InChI=1S/C17H25Cl2NO/c1-16(2)10-12(17(3,4)21-16)15(20-5)9-11-6-7-13(18)14(19)8-11/h6-8,12,15,20H,9-10H2,1-5H3. The molecule has 2 atom stereocenters. The first-order valence-electron chi connectivity index (χ1n) is 7.46. The maximum absolute atomic E-state index is 6.22. The first-order valence-corrected chi connectivity index (χ1v) is 8.21. The quantitative estimate of drug-likeness (QED) is 0.863. The van der Waals surface area contributed by atoms with E-state index in [4.69, 9.17) is 27.9 Å². The molecule has 118 valence electrons. The van der Waals surface area contributed by atoms with E-state index in [0.717, 1.165) is 12.8 Å². The summed E-state index contributed by atoms with van der Waals surface area (Å²) in [4.78, 5) is 0. The molecule has 0 bridgehead atoms. The second kappa shape index (κ2) is 6.08. The van der Waals surface area contributed by atoms with Gasteiger partial charge < -0.3 is 10.1 Å². The number of rotatable bonds is 4. The molecule has 2 nitrogen and oxygen atoms in total. The Hall–Kier alpha value is -0.280. The van der Waals surface area contributed by atoms with Gasteiger partial charge in [0, 0.05) is 12.0 Å². The van der Waals surface area contributed by atoms with Crippen molar-refractivity contribution in [3.8, 4) is 0 Å². The summed E-state index contributed by atoms with van der Waals surface area (Å²) in [5, 5.41) is 4.68. The van der Waals surface area contributed by atoms with Crippen molar-refractivity contribution >= 4 is 23.2 Å². The zero-order valence-electron chi connectivity index (χ0n) is 13.5. The number of likely N-dealkylation sites (N-methyl/N-ethyl adjacent to an activating group) is 1. The summed E-state index contributed by atoms with van der Waals surface area (Å²) in [6.45, 7) is 8.71. The number of hydrogen-bond donors (Lipinski definition) is 1. The molecule has 0 radical (unpaired) electrons. The monoisotopic (exact) mass is 329 g/mol. The topological polar surface area (TPSA) is 21.3 Å². The highest BCUT2D eigenvalue weighted by Crippen LogP contribution is 2.44. The lowest BCUT2D eigenvalue weighted by atomic mass is 9.79. The summed E-state index contributed by atoms with van der Waals surface area (Å²) in [7, 11) is 2.02. The van der Waals surface area contributed by atoms with Crippen molar-refractivity contribution in [3.63, 3.8) is 0 Å². The number of halogens is 2. The van der Waals surface area contributed by atoms with Gasteiger partial charge in [-0.25, -0.2) is 0 Å². The van der Waals surface area contributed by atoms with Gasteiger partial charge in [-0.05, 0) is 65.3 Å². The van der Waals surface area contributed by atoms with E-state index < -0.39 is 0 Å². The van der Waals surface area contributed by atoms with Crippen LogP contribution in [0.15, 0.2) is 18.2 Å². The van der Waals surface area contributed by atoms with Crippen molar-refractivity contribution in [1.82, 2.24) is 5.32 Å². The smallest absolute Gasteiger partial charge is 0.0677 e. The van der Waals surface area contributed by atoms with Crippen LogP contribution in [0.5, 0.6) is 0 Å². The first kappa shape index (κ1) is 17.1. The molecule has 0 aromatic heterocycles. The van der Waals surface area contributed by atoms with Crippen molar-refractivity contribution in [1.29, 1.82) is 0 Å². The van der Waals surface area contributed by atoms with Gasteiger partial charge in [-0.2, -0.15) is 0 Å². The zero-order chi connectivity index (χ0) is 15.8. The van der Waals surface area contributed by atoms with Crippen LogP contribution < -0.4 is 5.32 Å². The molecule has 21 heavy (non-hydrogen) atoms. The summed E-state index contributed by atoms with van der Waals surface area (Å²) >= 11 is 12.1. The van der Waals surface area contributed by atoms with Crippen molar-refractivity contribution < 1.29 is 4.74 Å². The van der Waals surface area contributed by atoms with E-state index in [1.54, 1.807) is 0 Å². The fourth-order valence-electron chi connectivity index (χ4n) is 3.60. The van der Waals surface area contributed by atoms with E-state index in [0.29, 0.717) is 22.0 Å². The number of benzene rings is 1. The molecule has 1 saturated heterocycles. The molecule has 1 fully saturated rings. The Morgan fingerprint density at radius 1 is 1.24 bits per heavy atom. The van der Waals surface area contributed by atoms with Crippen LogP contribution in [0.2, 0.25) is 10.0 Å². The van der Waals surface area contributed by atoms with E-state index >= 15 is 0 Å². The van der Waals surface area contributed by atoms with Gasteiger partial charge >= 0.3 is 0 Å². The van der Waals surface area contributed by atoms with Crippen molar-refractivity contribution in [2.24, 2.45) is 5.92 Å². The van der Waals surface area contributed by atoms with Gasteiger partial charge in [0.25, 0.3) is 0 Å². The number of ether oxygens (including phenoxy) is 1. The van der Waals surface area contributed by atoms with Crippen molar-refractivity contribution in [2.75, 3.05) is 7.05 Å². The summed E-state index contributed by atoms with van der Waals surface area (Å²) in [6.07, 6.45) is 1.97. The molecule has 1 heterocycles. The Balaban J connectivity index is 2.18. The van der Waals surface area contributed by atoms with Gasteiger partial charge in [-0.15, -0.1) is 0 Å². The Morgan fingerprint density at radius 2 is 1.90 bits per heavy atom. The molecule has 0 saturated carbocycles. The van der Waals surface area contributed by atoms with Gasteiger partial charge in [-0.3, -0.25) is 0 Å². The van der Waals surface area contributed by atoms with Crippen molar-refractivity contribution in [2.45, 2.75) is 57.8 Å². The highest BCUT2D eigenvalue weighted by Gasteiger charge is 2.48. The summed E-state index contributed by atoms with van der Waals surface area (Å²) < 4.78 is 6.22. The minimum Gasteiger partial charge on any atom is -0.369 e. The fraction of sp³-hybridized carbons (Fsp3) is 0.647. The van der Waals surface area contributed by atoms with Crippen LogP contribution in [0.3, 0.4) is 0 Å². The van der Waals surface area contributed by atoms with E-state index in [9.17, 15) is 0 Å². The highest BCUT2D eigenvalue weighted by atomic mass is 35.5. The third-order valence-corrected chi connectivity index (χ3v) is 5.18. The van der Waals surface area contributed by atoms with E-state index in [2.05, 4.69) is 33.0 Å². The van der Waals surface area contributed by atoms with Gasteiger partial charge in [0.1, 0.15) is 0 Å². The Labute approximate surface area is 138 Å². The molecule has 0 spiro atoms. The summed E-state index contributed by atoms with van der Waals surface area (Å²) in [5.41, 5.74) is 0.998. The second-order valence-corrected chi connectivity index (χ2v) is 7.94. The van der Waals surface area contributed by atoms with E-state index in [1.807, 2.05) is 25.2 Å². The van der Waals surface area contributed by atoms with Crippen LogP contribution in [0.1, 0.15) is 39.7 Å². The summed E-state index contributed by atoms with van der Waals surface area (Å²) in [5.74, 6) is 0.451. The summed E-state index contributed by atoms with van der Waals surface area (Å²) in [6, 6.07) is 6.22. The molecular formula is C17H25Cl2NO. The molecule has 0 amide bonds. The molecular weight excluding hydrogens is 305 g/mol. The second-order valence-electron chi connectivity index (χ2n) is 7.12. The number of hydrogen-bond acceptors (Lipinski definition) is 2. The Kier molecular flexibility index (Phi) is 4.94. The SMILES string of the molecule is CNC(Cc1ccc(Cl)c(Cl)c1)C1CC(C)(C)OC1(C)C. The van der Waals surface area contributed by atoms with Crippen LogP contribution >= 0.6 is 23.2 Å². The maximum Gasteiger partial charge on any atom is 0.0677 e.